The highest BCUT2D eigenvalue weighted by Gasteiger charge is 2.29. The lowest BCUT2D eigenvalue weighted by atomic mass is 10.1. The molecule has 2 N–H and O–H groups in total. The Morgan fingerprint density at radius 2 is 1.74 bits per heavy atom. The van der Waals surface area contributed by atoms with Gasteiger partial charge in [-0.2, -0.15) is 0 Å². The van der Waals surface area contributed by atoms with E-state index in [1.54, 1.807) is 13.8 Å². The molecule has 1 aliphatic carbocycles. The van der Waals surface area contributed by atoms with Gasteiger partial charge in [0.05, 0.1) is 38.7 Å². The zero-order valence-corrected chi connectivity index (χ0v) is 24.5. The van der Waals surface area contributed by atoms with E-state index in [1.165, 1.54) is 56.6 Å². The maximum absolute atomic E-state index is 13.0. The highest BCUT2D eigenvalue weighted by atomic mass is 32.2. The fourth-order valence-corrected chi connectivity index (χ4v) is 7.19. The molecule has 0 spiro atoms. The van der Waals surface area contributed by atoms with Gasteiger partial charge in [-0.15, -0.1) is 21.5 Å². The lowest BCUT2D eigenvalue weighted by Gasteiger charge is -2.13. The van der Waals surface area contributed by atoms with E-state index in [2.05, 4.69) is 20.8 Å². The number of hydrogen-bond acceptors (Lipinski definition) is 12. The monoisotopic (exact) mass is 592 g/mol. The minimum absolute atomic E-state index is 0.262. The number of amides is 2. The molecule has 0 saturated carbocycles. The molecule has 39 heavy (non-hydrogen) atoms. The maximum Gasteiger partial charge on any atom is 0.341 e. The van der Waals surface area contributed by atoms with Crippen molar-refractivity contribution < 1.29 is 33.3 Å². The molecule has 11 nitrogen and oxygen atoms in total. The van der Waals surface area contributed by atoms with Crippen molar-refractivity contribution in [3.05, 3.63) is 33.7 Å². The average molecular weight is 593 g/mol. The zero-order chi connectivity index (χ0) is 28.1. The molecule has 1 aromatic carbocycles. The summed E-state index contributed by atoms with van der Waals surface area (Å²) in [6.07, 6.45) is 2.68. The summed E-state index contributed by atoms with van der Waals surface area (Å²) < 4.78 is 21.6. The number of esters is 1. The van der Waals surface area contributed by atoms with Crippen LogP contribution in [0.25, 0.3) is 0 Å². The van der Waals surface area contributed by atoms with Gasteiger partial charge >= 0.3 is 5.97 Å². The number of rotatable bonds is 11. The number of methoxy groups -OCH3 is 3. The Morgan fingerprint density at radius 3 is 2.38 bits per heavy atom. The molecule has 208 valence electrons. The molecule has 1 atom stereocenters. The SMILES string of the molecule is CCOC(=O)c1c(NC(=O)C(C)Sc2nnc(NC(=O)c3cc(OC)c(OC)c(OC)c3)s2)sc2c1CCC2. The van der Waals surface area contributed by atoms with E-state index < -0.39 is 17.1 Å². The number of carbonyl (C=O) groups excluding carboxylic acids is 3. The Hall–Kier alpha value is -3.36. The Morgan fingerprint density at radius 1 is 1.03 bits per heavy atom. The molecule has 0 radical (unpaired) electrons. The van der Waals surface area contributed by atoms with Gasteiger partial charge in [0.2, 0.25) is 16.8 Å². The van der Waals surface area contributed by atoms with Gasteiger partial charge in [-0.3, -0.25) is 14.9 Å². The summed E-state index contributed by atoms with van der Waals surface area (Å²) in [5.41, 5.74) is 1.72. The van der Waals surface area contributed by atoms with Crippen LogP contribution < -0.4 is 24.8 Å². The first-order chi connectivity index (χ1) is 18.8. The van der Waals surface area contributed by atoms with Gasteiger partial charge in [0.25, 0.3) is 5.91 Å². The van der Waals surface area contributed by atoms with Crippen molar-refractivity contribution in [1.29, 1.82) is 0 Å². The second-order valence-electron chi connectivity index (χ2n) is 8.27. The summed E-state index contributed by atoms with van der Waals surface area (Å²) in [6, 6.07) is 3.07. The van der Waals surface area contributed by atoms with Crippen molar-refractivity contribution in [2.24, 2.45) is 0 Å². The summed E-state index contributed by atoms with van der Waals surface area (Å²) in [5, 5.41) is 14.0. The highest BCUT2D eigenvalue weighted by molar-refractivity contribution is 8.02. The number of hydrogen-bond donors (Lipinski definition) is 2. The first-order valence-corrected chi connectivity index (χ1v) is 14.5. The van der Waals surface area contributed by atoms with Gasteiger partial charge in [0, 0.05) is 10.4 Å². The lowest BCUT2D eigenvalue weighted by Crippen LogP contribution is -2.23. The number of benzene rings is 1. The smallest absolute Gasteiger partial charge is 0.341 e. The molecule has 2 heterocycles. The molecule has 1 aliphatic rings. The molecular formula is C25H28N4O7S3. The minimum atomic E-state index is -0.538. The third-order valence-corrected chi connectivity index (χ3v) is 9.07. The average Bonchev–Trinajstić information content (AvgIpc) is 3.64. The second kappa shape index (κ2) is 12.7. The summed E-state index contributed by atoms with van der Waals surface area (Å²) in [5.74, 6) is -0.0624. The quantitative estimate of drug-likeness (QED) is 0.184. The number of nitrogens with zero attached hydrogens (tertiary/aromatic N) is 2. The van der Waals surface area contributed by atoms with E-state index in [9.17, 15) is 14.4 Å². The van der Waals surface area contributed by atoms with Crippen molar-refractivity contribution in [1.82, 2.24) is 10.2 Å². The predicted molar refractivity (Wildman–Crippen MR) is 150 cm³/mol. The van der Waals surface area contributed by atoms with Gasteiger partial charge < -0.3 is 24.3 Å². The maximum atomic E-state index is 13.0. The number of ether oxygens (including phenoxy) is 4. The van der Waals surface area contributed by atoms with E-state index in [-0.39, 0.29) is 23.2 Å². The van der Waals surface area contributed by atoms with Crippen LogP contribution in [0.5, 0.6) is 17.2 Å². The van der Waals surface area contributed by atoms with Crippen LogP contribution in [-0.2, 0) is 22.4 Å². The first-order valence-electron chi connectivity index (χ1n) is 12.0. The van der Waals surface area contributed by atoms with Crippen molar-refractivity contribution in [3.63, 3.8) is 0 Å². The molecule has 4 rings (SSSR count). The molecule has 2 aromatic heterocycles. The van der Waals surface area contributed by atoms with Crippen LogP contribution in [0.15, 0.2) is 16.5 Å². The van der Waals surface area contributed by atoms with Crippen LogP contribution in [0.4, 0.5) is 10.1 Å². The molecule has 1 unspecified atom stereocenters. The van der Waals surface area contributed by atoms with Crippen LogP contribution in [0, 0.1) is 0 Å². The first kappa shape index (κ1) is 28.6. The standard InChI is InChI=1S/C25H28N4O7S3/c1-6-36-23(32)18-14-8-7-9-17(14)38-22(18)26-20(30)12(2)37-25-29-28-24(39-25)27-21(31)13-10-15(33-3)19(35-5)16(11-13)34-4/h10-12H,6-9H2,1-5H3,(H,26,30)(H,27,28,31). The molecular weight excluding hydrogens is 564 g/mol. The molecule has 0 fully saturated rings. The fourth-order valence-electron chi connectivity index (χ4n) is 4.02. The Balaban J connectivity index is 1.41. The molecule has 0 aliphatic heterocycles. The van der Waals surface area contributed by atoms with Crippen LogP contribution in [-0.4, -0.2) is 61.2 Å². The number of thioether (sulfide) groups is 1. The fraction of sp³-hybridized carbons (Fsp3) is 0.400. The minimum Gasteiger partial charge on any atom is -0.493 e. The van der Waals surface area contributed by atoms with Crippen LogP contribution in [0.2, 0.25) is 0 Å². The normalized spacial score (nSPS) is 12.8. The Bertz CT molecular complexity index is 1360. The molecule has 3 aromatic rings. The summed E-state index contributed by atoms with van der Waals surface area (Å²) in [7, 11) is 4.41. The Kier molecular flexibility index (Phi) is 9.30. The third kappa shape index (κ3) is 6.28. The second-order valence-corrected chi connectivity index (χ2v) is 11.9. The van der Waals surface area contributed by atoms with Gasteiger partial charge in [0.1, 0.15) is 5.00 Å². The summed E-state index contributed by atoms with van der Waals surface area (Å²) in [4.78, 5) is 39.5. The van der Waals surface area contributed by atoms with Gasteiger partial charge in [0.15, 0.2) is 15.8 Å². The van der Waals surface area contributed by atoms with E-state index in [1.807, 2.05) is 0 Å². The van der Waals surface area contributed by atoms with Crippen molar-refractivity contribution in [2.75, 3.05) is 38.6 Å². The van der Waals surface area contributed by atoms with Crippen LogP contribution in [0.1, 0.15) is 51.4 Å². The third-order valence-electron chi connectivity index (χ3n) is 5.84. The molecule has 2 amide bonds. The number of aromatic nitrogens is 2. The number of aryl methyl sites for hydroxylation is 1. The topological polar surface area (TPSA) is 138 Å². The van der Waals surface area contributed by atoms with Gasteiger partial charge in [-0.25, -0.2) is 4.79 Å². The number of anilines is 2. The predicted octanol–water partition coefficient (Wildman–Crippen LogP) is 4.66. The molecule has 0 bridgehead atoms. The van der Waals surface area contributed by atoms with E-state index in [0.29, 0.717) is 32.2 Å². The van der Waals surface area contributed by atoms with Crippen molar-refractivity contribution in [3.8, 4) is 17.2 Å². The number of fused-ring (bicyclic) bond motifs is 1. The largest absolute Gasteiger partial charge is 0.493 e. The van der Waals surface area contributed by atoms with Crippen molar-refractivity contribution >= 4 is 62.4 Å². The molecule has 0 saturated heterocycles. The number of thiophene rings is 1. The molecule has 14 heteroatoms. The van der Waals surface area contributed by atoms with Crippen LogP contribution in [0.3, 0.4) is 0 Å². The highest BCUT2D eigenvalue weighted by Crippen LogP contribution is 2.41. The zero-order valence-electron chi connectivity index (χ0n) is 22.0. The van der Waals surface area contributed by atoms with Gasteiger partial charge in [-0.05, 0) is 50.8 Å². The summed E-state index contributed by atoms with van der Waals surface area (Å²) in [6.45, 7) is 3.75. The number of nitrogens with one attached hydrogen (secondary N) is 2. The lowest BCUT2D eigenvalue weighted by molar-refractivity contribution is -0.115. The van der Waals surface area contributed by atoms with E-state index >= 15 is 0 Å². The van der Waals surface area contributed by atoms with Crippen molar-refractivity contribution in [2.45, 2.75) is 42.7 Å². The van der Waals surface area contributed by atoms with Crippen LogP contribution >= 0.6 is 34.4 Å². The Labute approximate surface area is 237 Å². The van der Waals surface area contributed by atoms with Gasteiger partial charge in [-0.1, -0.05) is 23.1 Å². The van der Waals surface area contributed by atoms with E-state index in [0.717, 1.165) is 41.0 Å². The van der Waals surface area contributed by atoms with E-state index in [4.69, 9.17) is 18.9 Å². The number of carbonyl (C=O) groups is 3. The summed E-state index contributed by atoms with van der Waals surface area (Å²) >= 11 is 3.77.